The molecule has 3 heteroatoms. The Morgan fingerprint density at radius 1 is 1.21 bits per heavy atom. The van der Waals surface area contributed by atoms with E-state index in [1.807, 2.05) is 6.07 Å². The Morgan fingerprint density at radius 2 is 2.00 bits per heavy atom. The zero-order chi connectivity index (χ0) is 14.1. The maximum Gasteiger partial charge on any atom is 0.119 e. The van der Waals surface area contributed by atoms with Crippen LogP contribution in [0.5, 0.6) is 5.75 Å². The number of hydrogen-bond donors (Lipinski definition) is 1. The number of nitrogens with zero attached hydrogens (tertiary/aromatic N) is 1. The van der Waals surface area contributed by atoms with Crippen LogP contribution >= 0.6 is 0 Å². The molecular formula is C16H28N2O. The molecule has 0 aliphatic carbocycles. The Balaban J connectivity index is 2.84. The third kappa shape index (κ3) is 4.84. The average Bonchev–Trinajstić information content (AvgIpc) is 2.45. The standard InChI is InChI=1S/C16H28N2O/c1-4-10-18(6-3)16(13-17)14-8-7-9-15(12-14)19-11-5-2/h7-9,12,16H,4-6,10-11,13,17H2,1-3H3. The topological polar surface area (TPSA) is 38.5 Å². The first kappa shape index (κ1) is 16.0. The van der Waals surface area contributed by atoms with E-state index in [1.54, 1.807) is 0 Å². The third-order valence-electron chi connectivity index (χ3n) is 3.30. The highest BCUT2D eigenvalue weighted by atomic mass is 16.5. The molecule has 0 aromatic heterocycles. The summed E-state index contributed by atoms with van der Waals surface area (Å²) in [6.07, 6.45) is 2.18. The van der Waals surface area contributed by atoms with Crippen LogP contribution in [0, 0.1) is 0 Å². The van der Waals surface area contributed by atoms with E-state index >= 15 is 0 Å². The van der Waals surface area contributed by atoms with Crippen molar-refractivity contribution in [3.63, 3.8) is 0 Å². The summed E-state index contributed by atoms with van der Waals surface area (Å²) in [7, 11) is 0. The average molecular weight is 264 g/mol. The minimum atomic E-state index is 0.287. The van der Waals surface area contributed by atoms with E-state index in [-0.39, 0.29) is 6.04 Å². The molecule has 0 fully saturated rings. The van der Waals surface area contributed by atoms with E-state index in [2.05, 4.69) is 43.9 Å². The van der Waals surface area contributed by atoms with Crippen molar-refractivity contribution in [1.29, 1.82) is 0 Å². The van der Waals surface area contributed by atoms with Gasteiger partial charge in [0.05, 0.1) is 6.61 Å². The van der Waals surface area contributed by atoms with E-state index in [0.717, 1.165) is 38.3 Å². The highest BCUT2D eigenvalue weighted by Crippen LogP contribution is 2.23. The summed E-state index contributed by atoms with van der Waals surface area (Å²) in [6.45, 7) is 10.0. The molecule has 2 N–H and O–H groups in total. The van der Waals surface area contributed by atoms with Gasteiger partial charge in [-0.25, -0.2) is 0 Å². The summed E-state index contributed by atoms with van der Waals surface area (Å²) in [5, 5.41) is 0. The second-order valence-electron chi connectivity index (χ2n) is 4.80. The van der Waals surface area contributed by atoms with Gasteiger partial charge in [-0.15, -0.1) is 0 Å². The second-order valence-corrected chi connectivity index (χ2v) is 4.80. The van der Waals surface area contributed by atoms with Crippen molar-refractivity contribution in [3.8, 4) is 5.75 Å². The molecule has 0 aliphatic rings. The largest absolute Gasteiger partial charge is 0.494 e. The first-order valence-electron chi connectivity index (χ1n) is 7.43. The van der Waals surface area contributed by atoms with Crippen molar-refractivity contribution < 1.29 is 4.74 Å². The molecule has 0 heterocycles. The molecule has 108 valence electrons. The summed E-state index contributed by atoms with van der Waals surface area (Å²) in [6, 6.07) is 8.64. The highest BCUT2D eigenvalue weighted by molar-refractivity contribution is 5.31. The SMILES string of the molecule is CCCOc1cccc(C(CN)N(CC)CCC)c1. The summed E-state index contributed by atoms with van der Waals surface area (Å²) in [4.78, 5) is 2.43. The molecule has 1 rings (SSSR count). The Labute approximate surface area is 117 Å². The maximum atomic E-state index is 5.98. The normalized spacial score (nSPS) is 12.7. The quantitative estimate of drug-likeness (QED) is 0.744. The fourth-order valence-electron chi connectivity index (χ4n) is 2.35. The summed E-state index contributed by atoms with van der Waals surface area (Å²) in [5.74, 6) is 0.949. The molecule has 0 saturated carbocycles. The van der Waals surface area contributed by atoms with Gasteiger partial charge in [-0.2, -0.15) is 0 Å². The molecule has 1 aromatic carbocycles. The lowest BCUT2D eigenvalue weighted by molar-refractivity contribution is 0.212. The molecule has 0 saturated heterocycles. The third-order valence-corrected chi connectivity index (χ3v) is 3.30. The van der Waals surface area contributed by atoms with Gasteiger partial charge in [0, 0.05) is 12.6 Å². The molecule has 0 radical (unpaired) electrons. The van der Waals surface area contributed by atoms with Gasteiger partial charge in [0.25, 0.3) is 0 Å². The number of rotatable bonds is 9. The molecule has 1 atom stereocenters. The van der Waals surface area contributed by atoms with E-state index in [0.29, 0.717) is 6.54 Å². The van der Waals surface area contributed by atoms with Gasteiger partial charge in [0.2, 0.25) is 0 Å². The second kappa shape index (κ2) is 8.94. The smallest absolute Gasteiger partial charge is 0.119 e. The van der Waals surface area contributed by atoms with Crippen molar-refractivity contribution >= 4 is 0 Å². The molecular weight excluding hydrogens is 236 g/mol. The zero-order valence-electron chi connectivity index (χ0n) is 12.6. The molecule has 0 amide bonds. The molecule has 0 aliphatic heterocycles. The van der Waals surface area contributed by atoms with Gasteiger partial charge in [-0.1, -0.05) is 32.9 Å². The van der Waals surface area contributed by atoms with Gasteiger partial charge >= 0.3 is 0 Å². The summed E-state index contributed by atoms with van der Waals surface area (Å²) in [5.41, 5.74) is 7.24. The number of benzene rings is 1. The lowest BCUT2D eigenvalue weighted by atomic mass is 10.0. The monoisotopic (exact) mass is 264 g/mol. The Morgan fingerprint density at radius 3 is 2.58 bits per heavy atom. The van der Waals surface area contributed by atoms with Crippen molar-refractivity contribution in [3.05, 3.63) is 29.8 Å². The zero-order valence-corrected chi connectivity index (χ0v) is 12.6. The van der Waals surface area contributed by atoms with Gasteiger partial charge in [-0.3, -0.25) is 4.90 Å². The lowest BCUT2D eigenvalue weighted by Gasteiger charge is -2.30. The number of hydrogen-bond acceptors (Lipinski definition) is 3. The van der Waals surface area contributed by atoms with Gasteiger partial charge < -0.3 is 10.5 Å². The molecule has 19 heavy (non-hydrogen) atoms. The van der Waals surface area contributed by atoms with Crippen LogP contribution in [0.4, 0.5) is 0 Å². The Kier molecular flexibility index (Phi) is 7.53. The van der Waals surface area contributed by atoms with Crippen LogP contribution in [0.3, 0.4) is 0 Å². The number of ether oxygens (including phenoxy) is 1. The van der Waals surface area contributed by atoms with Crippen LogP contribution in [-0.4, -0.2) is 31.1 Å². The van der Waals surface area contributed by atoms with Crippen LogP contribution in [-0.2, 0) is 0 Å². The fraction of sp³-hybridized carbons (Fsp3) is 0.625. The van der Waals surface area contributed by atoms with Crippen LogP contribution in [0.2, 0.25) is 0 Å². The first-order chi connectivity index (χ1) is 9.26. The van der Waals surface area contributed by atoms with E-state index < -0.39 is 0 Å². The lowest BCUT2D eigenvalue weighted by Crippen LogP contribution is -2.34. The Bertz CT molecular complexity index is 354. The van der Waals surface area contributed by atoms with Crippen LogP contribution in [0.15, 0.2) is 24.3 Å². The minimum Gasteiger partial charge on any atom is -0.494 e. The fourth-order valence-corrected chi connectivity index (χ4v) is 2.35. The van der Waals surface area contributed by atoms with Crippen molar-refractivity contribution in [2.75, 3.05) is 26.2 Å². The number of nitrogens with two attached hydrogens (primary N) is 1. The molecule has 3 nitrogen and oxygen atoms in total. The van der Waals surface area contributed by atoms with E-state index in [4.69, 9.17) is 10.5 Å². The van der Waals surface area contributed by atoms with Gasteiger partial charge in [0.1, 0.15) is 5.75 Å². The van der Waals surface area contributed by atoms with Crippen molar-refractivity contribution in [2.24, 2.45) is 5.73 Å². The first-order valence-corrected chi connectivity index (χ1v) is 7.43. The van der Waals surface area contributed by atoms with Crippen molar-refractivity contribution in [1.82, 2.24) is 4.90 Å². The van der Waals surface area contributed by atoms with Gasteiger partial charge in [-0.05, 0) is 43.6 Å². The summed E-state index contributed by atoms with van der Waals surface area (Å²) < 4.78 is 5.70. The van der Waals surface area contributed by atoms with E-state index in [9.17, 15) is 0 Å². The van der Waals surface area contributed by atoms with Crippen LogP contribution in [0.1, 0.15) is 45.2 Å². The molecule has 0 spiro atoms. The van der Waals surface area contributed by atoms with E-state index in [1.165, 1.54) is 5.56 Å². The van der Waals surface area contributed by atoms with Gasteiger partial charge in [0.15, 0.2) is 0 Å². The minimum absolute atomic E-state index is 0.287. The van der Waals surface area contributed by atoms with Crippen LogP contribution in [0.25, 0.3) is 0 Å². The number of likely N-dealkylation sites (N-methyl/N-ethyl adjacent to an activating group) is 1. The van der Waals surface area contributed by atoms with Crippen molar-refractivity contribution in [2.45, 2.75) is 39.7 Å². The Hall–Kier alpha value is -1.06. The predicted octanol–water partition coefficient (Wildman–Crippen LogP) is 3.21. The molecule has 1 aromatic rings. The molecule has 1 unspecified atom stereocenters. The van der Waals surface area contributed by atoms with Crippen LogP contribution < -0.4 is 10.5 Å². The highest BCUT2D eigenvalue weighted by Gasteiger charge is 2.17. The summed E-state index contributed by atoms with van der Waals surface area (Å²) >= 11 is 0. The predicted molar refractivity (Wildman–Crippen MR) is 81.6 cm³/mol. The molecule has 0 bridgehead atoms. The maximum absolute atomic E-state index is 5.98.